The summed E-state index contributed by atoms with van der Waals surface area (Å²) in [6.45, 7) is 7.27. The molecule has 12 aromatic rings. The van der Waals surface area contributed by atoms with E-state index < -0.39 is 13.5 Å². The van der Waals surface area contributed by atoms with Crippen LogP contribution in [0.2, 0.25) is 19.6 Å². The van der Waals surface area contributed by atoms with Gasteiger partial charge >= 0.3 is 0 Å². The summed E-state index contributed by atoms with van der Waals surface area (Å²) < 4.78 is 9.45. The van der Waals surface area contributed by atoms with E-state index in [2.05, 4.69) is 229 Å². The van der Waals surface area contributed by atoms with Crippen LogP contribution in [0.15, 0.2) is 205 Å². The van der Waals surface area contributed by atoms with Crippen LogP contribution in [0.3, 0.4) is 0 Å². The molecule has 1 spiro atoms. The number of para-hydroxylation sites is 5. The van der Waals surface area contributed by atoms with Crippen molar-refractivity contribution in [2.24, 2.45) is 0 Å². The van der Waals surface area contributed by atoms with E-state index in [1.165, 1.54) is 87.6 Å². The van der Waals surface area contributed by atoms with Crippen LogP contribution >= 0.6 is 0 Å². The molecule has 1 aliphatic heterocycles. The number of fused-ring (bicyclic) bond motifs is 19. The van der Waals surface area contributed by atoms with Crippen molar-refractivity contribution in [1.29, 1.82) is 0 Å². The van der Waals surface area contributed by atoms with Crippen molar-refractivity contribution >= 4 is 95.6 Å². The lowest BCUT2D eigenvalue weighted by Crippen LogP contribution is -2.37. The van der Waals surface area contributed by atoms with Gasteiger partial charge < -0.3 is 13.9 Å². The predicted octanol–water partition coefficient (Wildman–Crippen LogP) is 15.7. The molecule has 2 aliphatic rings. The van der Waals surface area contributed by atoms with Crippen LogP contribution in [0.5, 0.6) is 0 Å². The highest BCUT2D eigenvalue weighted by atomic mass is 28.3. The van der Waals surface area contributed by atoms with Crippen molar-refractivity contribution in [3.05, 3.63) is 222 Å². The molecule has 64 heavy (non-hydrogen) atoms. The van der Waals surface area contributed by atoms with Gasteiger partial charge in [-0.1, -0.05) is 183 Å². The first kappa shape index (κ1) is 35.9. The number of nitrogens with zero attached hydrogens (tertiary/aromatic N) is 2. The second-order valence-electron chi connectivity index (χ2n) is 18.8. The molecule has 0 fully saturated rings. The average molecular weight is 835 g/mol. The molecule has 0 radical (unpaired) electrons. The largest absolute Gasteiger partial charge is 0.454 e. The van der Waals surface area contributed by atoms with Gasteiger partial charge in [0, 0.05) is 32.6 Å². The van der Waals surface area contributed by atoms with Crippen LogP contribution in [0.1, 0.15) is 22.3 Å². The summed E-state index contributed by atoms with van der Waals surface area (Å²) in [5, 5.41) is 11.2. The van der Waals surface area contributed by atoms with Crippen molar-refractivity contribution in [2.75, 3.05) is 4.90 Å². The lowest BCUT2D eigenvalue weighted by Gasteiger charge is -2.40. The third-order valence-corrected chi connectivity index (χ3v) is 16.6. The monoisotopic (exact) mass is 834 g/mol. The third-order valence-electron chi connectivity index (χ3n) is 14.5. The molecule has 4 heteroatoms. The van der Waals surface area contributed by atoms with Crippen molar-refractivity contribution in [3.63, 3.8) is 0 Å². The highest BCUT2D eigenvalue weighted by Crippen LogP contribution is 2.64. The number of hydrogen-bond acceptors (Lipinski definition) is 2. The van der Waals surface area contributed by atoms with Crippen LogP contribution in [-0.4, -0.2) is 12.6 Å². The second-order valence-corrected chi connectivity index (χ2v) is 23.9. The predicted molar refractivity (Wildman–Crippen MR) is 272 cm³/mol. The fourth-order valence-corrected chi connectivity index (χ4v) is 13.0. The van der Waals surface area contributed by atoms with Crippen LogP contribution < -0.4 is 10.1 Å². The summed E-state index contributed by atoms with van der Waals surface area (Å²) in [4.78, 5) is 2.49. The molecule has 3 nitrogen and oxygen atoms in total. The number of furan rings is 1. The van der Waals surface area contributed by atoms with E-state index >= 15 is 0 Å². The van der Waals surface area contributed by atoms with Gasteiger partial charge in [-0.05, 0) is 92.0 Å². The quantitative estimate of drug-likeness (QED) is 0.165. The second kappa shape index (κ2) is 12.7. The molecule has 302 valence electrons. The summed E-state index contributed by atoms with van der Waals surface area (Å²) in [5.74, 6) is 0. The number of hydrogen-bond donors (Lipinski definition) is 0. The zero-order chi connectivity index (χ0) is 42.5. The molecule has 3 heterocycles. The van der Waals surface area contributed by atoms with Gasteiger partial charge in [0.1, 0.15) is 5.58 Å². The molecule has 0 saturated carbocycles. The SMILES string of the molecule is C[Si](C)(C)c1ccc(N(c2cc3c(c4ccccc24)-c2c(ccc4ccccc24)C32c3ccccc3-n3c4ccccc4c4cccc2c43)c2cccc3c2oc2ccccc23)cc1. The van der Waals surface area contributed by atoms with Crippen molar-refractivity contribution in [2.45, 2.75) is 25.1 Å². The minimum atomic E-state index is -1.60. The van der Waals surface area contributed by atoms with Crippen LogP contribution in [-0.2, 0) is 5.41 Å². The van der Waals surface area contributed by atoms with Gasteiger partial charge in [-0.2, -0.15) is 0 Å². The smallest absolute Gasteiger partial charge is 0.159 e. The number of benzene rings is 10. The molecule has 0 N–H and O–H groups in total. The minimum Gasteiger partial charge on any atom is -0.454 e. The van der Waals surface area contributed by atoms with Gasteiger partial charge in [-0.3, -0.25) is 0 Å². The van der Waals surface area contributed by atoms with E-state index in [0.29, 0.717) is 0 Å². The van der Waals surface area contributed by atoms with Gasteiger partial charge in [-0.25, -0.2) is 0 Å². The Morgan fingerprint density at radius 2 is 1.09 bits per heavy atom. The molecule has 2 aromatic heterocycles. The fraction of sp³-hybridized carbons (Fsp3) is 0.0667. The zero-order valence-electron chi connectivity index (χ0n) is 35.9. The summed E-state index contributed by atoms with van der Waals surface area (Å²) in [5.41, 5.74) is 15.9. The van der Waals surface area contributed by atoms with Gasteiger partial charge in [0.15, 0.2) is 5.58 Å². The Hall–Kier alpha value is -7.66. The topological polar surface area (TPSA) is 21.3 Å². The maximum absolute atomic E-state index is 6.91. The van der Waals surface area contributed by atoms with E-state index in [1.807, 2.05) is 0 Å². The molecule has 14 rings (SSSR count). The summed E-state index contributed by atoms with van der Waals surface area (Å²) in [6, 6.07) is 75.1. The first-order valence-electron chi connectivity index (χ1n) is 22.4. The average Bonchev–Trinajstić information content (AvgIpc) is 3.99. The summed E-state index contributed by atoms with van der Waals surface area (Å²) in [7, 11) is -1.60. The lowest BCUT2D eigenvalue weighted by molar-refractivity contribution is 0.669. The van der Waals surface area contributed by atoms with Gasteiger partial charge in [0.05, 0.1) is 41.6 Å². The Balaban J connectivity index is 1.18. The maximum atomic E-state index is 6.91. The lowest BCUT2D eigenvalue weighted by atomic mass is 9.65. The Kier molecular flexibility index (Phi) is 7.13. The number of rotatable bonds is 4. The molecule has 1 unspecified atom stereocenters. The molecular formula is C60H42N2OSi. The molecule has 10 aromatic carbocycles. The Bertz CT molecular complexity index is 3960. The Morgan fingerprint density at radius 1 is 0.453 bits per heavy atom. The first-order valence-corrected chi connectivity index (χ1v) is 25.9. The highest BCUT2D eigenvalue weighted by Gasteiger charge is 2.52. The van der Waals surface area contributed by atoms with E-state index in [9.17, 15) is 0 Å². The Labute approximate surface area is 372 Å². The first-order chi connectivity index (χ1) is 31.4. The van der Waals surface area contributed by atoms with Gasteiger partial charge in [0.25, 0.3) is 0 Å². The number of aromatic nitrogens is 1. The third kappa shape index (κ3) is 4.55. The minimum absolute atomic E-state index is 0.646. The van der Waals surface area contributed by atoms with Crippen LogP contribution in [0, 0.1) is 0 Å². The summed E-state index contributed by atoms with van der Waals surface area (Å²) >= 11 is 0. The number of anilines is 3. The van der Waals surface area contributed by atoms with Crippen LogP contribution in [0.4, 0.5) is 17.1 Å². The maximum Gasteiger partial charge on any atom is 0.159 e. The molecule has 1 atom stereocenters. The van der Waals surface area contributed by atoms with Crippen molar-refractivity contribution in [1.82, 2.24) is 4.57 Å². The highest BCUT2D eigenvalue weighted by molar-refractivity contribution is 6.88. The molecule has 0 saturated heterocycles. The molecule has 1 aliphatic carbocycles. The molecule has 0 bridgehead atoms. The molecular weight excluding hydrogens is 793 g/mol. The van der Waals surface area contributed by atoms with E-state index in [1.54, 1.807) is 0 Å². The summed E-state index contributed by atoms with van der Waals surface area (Å²) in [6.07, 6.45) is 0. The zero-order valence-corrected chi connectivity index (χ0v) is 36.9. The van der Waals surface area contributed by atoms with Crippen LogP contribution in [0.25, 0.3) is 82.1 Å². The van der Waals surface area contributed by atoms with Gasteiger partial charge in [0.2, 0.25) is 0 Å². The van der Waals surface area contributed by atoms with Gasteiger partial charge in [-0.15, -0.1) is 0 Å². The standard InChI is InChI=1S/C60H42N2OSi/c1-64(2,3)39-33-31-38(32-34-39)61(53-28-15-23-46-43-20-9-13-29-55(43)63-59(46)53)54-36-50-57(44-21-7-6-18-41(44)54)56-40-17-5-4-16-37(40)30-35-48(56)60(50)47-24-10-12-27-52(47)62-51-26-11-8-19-42(51)45-22-14-25-49(60)58(45)62/h4-36H,1-3H3. The van der Waals surface area contributed by atoms with E-state index in [0.717, 1.165) is 39.0 Å². The van der Waals surface area contributed by atoms with Crippen molar-refractivity contribution in [3.8, 4) is 16.8 Å². The van der Waals surface area contributed by atoms with Crippen molar-refractivity contribution < 1.29 is 4.42 Å². The van der Waals surface area contributed by atoms with E-state index in [-0.39, 0.29) is 0 Å². The normalized spacial score (nSPS) is 15.2. The molecule has 0 amide bonds. The Morgan fingerprint density at radius 3 is 1.94 bits per heavy atom. The fourth-order valence-electron chi connectivity index (χ4n) is 11.8. The van der Waals surface area contributed by atoms with E-state index in [4.69, 9.17) is 4.42 Å².